The number of allylic oxidation sites excluding steroid dienone is 2. The maximum Gasteiger partial charge on any atom is 0.319 e. The van der Waals surface area contributed by atoms with Crippen LogP contribution in [0.2, 0.25) is 0 Å². The van der Waals surface area contributed by atoms with Gasteiger partial charge in [-0.15, -0.1) is 0 Å². The van der Waals surface area contributed by atoms with Crippen LogP contribution in [0, 0.1) is 24.2 Å². The molecule has 0 aromatic heterocycles. The minimum absolute atomic E-state index is 0.0823. The molecule has 1 saturated carbocycles. The molecule has 1 unspecified atom stereocenters. The first-order chi connectivity index (χ1) is 19.7. The minimum Gasteiger partial charge on any atom is -0.372 e. The molecule has 6 nitrogen and oxygen atoms in total. The van der Waals surface area contributed by atoms with E-state index >= 15 is 0 Å². The van der Waals surface area contributed by atoms with Crippen molar-refractivity contribution in [2.45, 2.75) is 111 Å². The zero-order valence-corrected chi connectivity index (χ0v) is 26.1. The van der Waals surface area contributed by atoms with Crippen molar-refractivity contribution in [2.75, 3.05) is 5.32 Å². The lowest BCUT2D eigenvalue weighted by Gasteiger charge is -2.29. The molecule has 1 aliphatic carbocycles. The van der Waals surface area contributed by atoms with Gasteiger partial charge in [0, 0.05) is 11.7 Å². The smallest absolute Gasteiger partial charge is 0.319 e. The third-order valence-electron chi connectivity index (χ3n) is 7.66. The van der Waals surface area contributed by atoms with Crippen molar-refractivity contribution in [3.8, 4) is 6.07 Å². The number of hydrogen-bond donors (Lipinski definition) is 3. The second kappa shape index (κ2) is 20.3. The lowest BCUT2D eigenvalue weighted by Crippen LogP contribution is -2.43. The normalized spacial score (nSPS) is 16.3. The highest BCUT2D eigenvalue weighted by Gasteiger charge is 2.23. The number of nitriles is 1. The summed E-state index contributed by atoms with van der Waals surface area (Å²) in [5, 5.41) is 14.9. The Bertz CT molecular complexity index is 1110. The van der Waals surface area contributed by atoms with E-state index in [1.807, 2.05) is 19.1 Å². The summed E-state index contributed by atoms with van der Waals surface area (Å²) in [7, 11) is 0. The Labute approximate surface area is 248 Å². The van der Waals surface area contributed by atoms with Crippen LogP contribution in [0.4, 0.5) is 10.5 Å². The van der Waals surface area contributed by atoms with E-state index in [1.54, 1.807) is 0 Å². The molecule has 1 aliphatic rings. The van der Waals surface area contributed by atoms with Crippen LogP contribution in [0.25, 0.3) is 5.57 Å². The van der Waals surface area contributed by atoms with E-state index < -0.39 is 0 Å². The van der Waals surface area contributed by atoms with Crippen molar-refractivity contribution in [1.82, 2.24) is 5.32 Å². The predicted octanol–water partition coefficient (Wildman–Crippen LogP) is 8.85. The number of nitrogens with one attached hydrogen (secondary N) is 2. The van der Waals surface area contributed by atoms with Gasteiger partial charge in [0.05, 0.1) is 11.6 Å². The van der Waals surface area contributed by atoms with Crippen LogP contribution >= 0.6 is 0 Å². The molecule has 41 heavy (non-hydrogen) atoms. The molecule has 0 saturated heterocycles. The second-order valence-corrected chi connectivity index (χ2v) is 10.9. The highest BCUT2D eigenvalue weighted by Crippen LogP contribution is 2.27. The topological polar surface area (TPSA) is 108 Å². The van der Waals surface area contributed by atoms with Gasteiger partial charge in [-0.25, -0.2) is 4.79 Å². The Balaban J connectivity index is 0.000000402. The Hall–Kier alpha value is -3.59. The van der Waals surface area contributed by atoms with Crippen molar-refractivity contribution in [1.29, 1.82) is 5.26 Å². The number of carbonyl (C=O) groups excluding carboxylic acids is 2. The molecule has 0 radical (unpaired) electrons. The summed E-state index contributed by atoms with van der Waals surface area (Å²) >= 11 is 0. The largest absolute Gasteiger partial charge is 0.372 e. The molecule has 0 spiro atoms. The zero-order chi connectivity index (χ0) is 30.6. The van der Waals surface area contributed by atoms with Crippen molar-refractivity contribution >= 4 is 23.7 Å². The van der Waals surface area contributed by atoms with Crippen LogP contribution in [0.1, 0.15) is 121 Å². The molecule has 0 bridgehead atoms. The molecule has 1 fully saturated rings. The van der Waals surface area contributed by atoms with E-state index in [0.717, 1.165) is 29.7 Å². The van der Waals surface area contributed by atoms with E-state index in [2.05, 4.69) is 93.5 Å². The standard InChI is InChI=1S/C20H30N2O.C14H19N.CH3NO/c1-5-8-14(2)17-12-11-16(4)19(13-17)22-20(23)21-18-10-7-6-9-15(18)3;1-3-5-13(6-4-2)14-9-7-12(11-15)8-10-14;2-1-3/h8,11-13,15,18H,5-7,9-10H2,1-4H3,(H2,21,22,23);7-10,13H,3-6H2,1-2H3;1H,(H2,2,3)/t15-,18?;;/m0../s1. The Morgan fingerprint density at radius 1 is 1.07 bits per heavy atom. The molecule has 4 N–H and O–H groups in total. The monoisotopic (exact) mass is 560 g/mol. The van der Waals surface area contributed by atoms with Gasteiger partial charge in [-0.1, -0.05) is 83.7 Å². The predicted molar refractivity (Wildman–Crippen MR) is 173 cm³/mol. The minimum atomic E-state index is -0.0823. The fourth-order valence-corrected chi connectivity index (χ4v) is 5.29. The van der Waals surface area contributed by atoms with Gasteiger partial charge < -0.3 is 16.4 Å². The number of nitrogens with zero attached hydrogens (tertiary/aromatic N) is 1. The van der Waals surface area contributed by atoms with Crippen LogP contribution in [0.3, 0.4) is 0 Å². The van der Waals surface area contributed by atoms with Gasteiger partial charge in [0.1, 0.15) is 0 Å². The van der Waals surface area contributed by atoms with E-state index in [0.29, 0.717) is 17.9 Å². The van der Waals surface area contributed by atoms with Crippen LogP contribution in [0.5, 0.6) is 0 Å². The van der Waals surface area contributed by atoms with Crippen LogP contribution in [-0.2, 0) is 4.79 Å². The highest BCUT2D eigenvalue weighted by molar-refractivity contribution is 5.91. The summed E-state index contributed by atoms with van der Waals surface area (Å²) in [5.41, 5.74) is 10.7. The van der Waals surface area contributed by atoms with Crippen LogP contribution < -0.4 is 16.4 Å². The number of carbonyl (C=O) groups is 2. The van der Waals surface area contributed by atoms with Gasteiger partial charge >= 0.3 is 6.03 Å². The van der Waals surface area contributed by atoms with Gasteiger partial charge in [0.15, 0.2) is 0 Å². The van der Waals surface area contributed by atoms with E-state index in [-0.39, 0.29) is 12.4 Å². The fourth-order valence-electron chi connectivity index (χ4n) is 5.29. The lowest BCUT2D eigenvalue weighted by molar-refractivity contribution is -0.106. The molecule has 0 aliphatic heterocycles. The third-order valence-corrected chi connectivity index (χ3v) is 7.66. The number of hydrogen-bond acceptors (Lipinski definition) is 3. The van der Waals surface area contributed by atoms with Crippen molar-refractivity contribution < 1.29 is 9.59 Å². The number of anilines is 1. The van der Waals surface area contributed by atoms with Crippen molar-refractivity contribution in [3.63, 3.8) is 0 Å². The van der Waals surface area contributed by atoms with Gasteiger partial charge in [0.25, 0.3) is 0 Å². The number of rotatable bonds is 9. The number of aryl methyl sites for hydroxylation is 1. The number of nitrogens with two attached hydrogens (primary N) is 1. The number of primary amides is 1. The summed E-state index contributed by atoms with van der Waals surface area (Å²) in [5.74, 6) is 1.24. The average molecular weight is 561 g/mol. The quantitative estimate of drug-likeness (QED) is 0.267. The molecular formula is C35H52N4O2. The molecule has 0 heterocycles. The van der Waals surface area contributed by atoms with Crippen molar-refractivity contribution in [3.05, 3.63) is 70.8 Å². The first kappa shape index (κ1) is 35.4. The molecule has 224 valence electrons. The Morgan fingerprint density at radius 3 is 2.22 bits per heavy atom. The first-order valence-corrected chi connectivity index (χ1v) is 15.2. The van der Waals surface area contributed by atoms with Gasteiger partial charge in [-0.05, 0) is 98.2 Å². The number of urea groups is 1. The molecule has 2 atom stereocenters. The molecular weight excluding hydrogens is 508 g/mol. The summed E-state index contributed by atoms with van der Waals surface area (Å²) in [6, 6.07) is 16.7. The van der Waals surface area contributed by atoms with E-state index in [9.17, 15) is 4.79 Å². The maximum atomic E-state index is 12.3. The fraction of sp³-hybridized carbons (Fsp3) is 0.514. The molecule has 6 heteroatoms. The summed E-state index contributed by atoms with van der Waals surface area (Å²) < 4.78 is 0. The SMILES string of the molecule is CCC=C(C)c1ccc(C)c(NC(=O)NC2CCCC[C@@H]2C)c1.CCCC(CCC)c1ccc(C#N)cc1.NC=O. The van der Waals surface area contributed by atoms with Gasteiger partial charge in [-0.2, -0.15) is 5.26 Å². The molecule has 2 aromatic rings. The van der Waals surface area contributed by atoms with Gasteiger partial charge in [0.2, 0.25) is 6.41 Å². The second-order valence-electron chi connectivity index (χ2n) is 10.9. The Kier molecular flexibility index (Phi) is 17.6. The van der Waals surface area contributed by atoms with Gasteiger partial charge in [-0.3, -0.25) is 4.79 Å². The number of benzene rings is 2. The summed E-state index contributed by atoms with van der Waals surface area (Å²) in [6.07, 6.45) is 13.2. The van der Waals surface area contributed by atoms with E-state index in [4.69, 9.17) is 10.1 Å². The maximum absolute atomic E-state index is 12.3. The molecule has 3 amide bonds. The Morgan fingerprint density at radius 2 is 1.68 bits per heavy atom. The zero-order valence-electron chi connectivity index (χ0n) is 26.1. The first-order valence-electron chi connectivity index (χ1n) is 15.2. The average Bonchev–Trinajstić information content (AvgIpc) is 2.96. The molecule has 3 rings (SSSR count). The van der Waals surface area contributed by atoms with Crippen LogP contribution in [-0.4, -0.2) is 18.5 Å². The lowest BCUT2D eigenvalue weighted by atomic mass is 9.86. The number of amides is 3. The van der Waals surface area contributed by atoms with Crippen LogP contribution in [0.15, 0.2) is 48.5 Å². The molecule has 2 aromatic carbocycles. The third kappa shape index (κ3) is 13.1. The highest BCUT2D eigenvalue weighted by atomic mass is 16.2. The van der Waals surface area contributed by atoms with E-state index in [1.165, 1.54) is 61.6 Å². The summed E-state index contributed by atoms with van der Waals surface area (Å²) in [6.45, 7) is 13.0. The van der Waals surface area contributed by atoms with Crippen molar-refractivity contribution in [2.24, 2.45) is 11.7 Å². The summed E-state index contributed by atoms with van der Waals surface area (Å²) in [4.78, 5) is 20.9.